The van der Waals surface area contributed by atoms with Gasteiger partial charge < -0.3 is 14.5 Å². The zero-order valence-corrected chi connectivity index (χ0v) is 16.4. The van der Waals surface area contributed by atoms with Crippen LogP contribution in [0.2, 0.25) is 0 Å². The molecule has 1 N–H and O–H groups in total. The molecule has 0 unspecified atom stereocenters. The number of hydrogen-bond donors (Lipinski definition) is 1. The number of imidazole rings is 1. The fourth-order valence-corrected chi connectivity index (χ4v) is 3.62. The van der Waals surface area contributed by atoms with Crippen LogP contribution >= 0.6 is 11.8 Å². The van der Waals surface area contributed by atoms with Gasteiger partial charge in [0.2, 0.25) is 5.91 Å². The van der Waals surface area contributed by atoms with Gasteiger partial charge in [-0.25, -0.2) is 4.98 Å². The molecule has 27 heavy (non-hydrogen) atoms. The van der Waals surface area contributed by atoms with Crippen molar-refractivity contribution in [2.24, 2.45) is 7.05 Å². The normalized spacial score (nSPS) is 10.6. The number of thioether (sulfide) groups is 1. The predicted octanol–water partition coefficient (Wildman–Crippen LogP) is 3.49. The van der Waals surface area contributed by atoms with E-state index in [-0.39, 0.29) is 11.7 Å². The Bertz CT molecular complexity index is 998. The third-order valence-electron chi connectivity index (χ3n) is 4.49. The summed E-state index contributed by atoms with van der Waals surface area (Å²) in [6.45, 7) is 4.47. The van der Waals surface area contributed by atoms with Crippen LogP contribution in [0.25, 0.3) is 0 Å². The maximum Gasteiger partial charge on any atom is 0.235 e. The lowest BCUT2D eigenvalue weighted by atomic mass is 10.2. The Morgan fingerprint density at radius 3 is 2.67 bits per heavy atom. The summed E-state index contributed by atoms with van der Waals surface area (Å²) < 4.78 is 3.86. The van der Waals surface area contributed by atoms with Crippen LogP contribution in [0, 0.1) is 25.2 Å². The van der Waals surface area contributed by atoms with Crippen molar-refractivity contribution in [1.82, 2.24) is 14.1 Å². The molecular weight excluding hydrogens is 358 g/mol. The lowest BCUT2D eigenvalue weighted by Gasteiger charge is -2.13. The van der Waals surface area contributed by atoms with E-state index in [0.29, 0.717) is 17.9 Å². The van der Waals surface area contributed by atoms with E-state index in [4.69, 9.17) is 0 Å². The summed E-state index contributed by atoms with van der Waals surface area (Å²) in [6, 6.07) is 12.2. The highest BCUT2D eigenvalue weighted by Crippen LogP contribution is 2.27. The van der Waals surface area contributed by atoms with Crippen molar-refractivity contribution in [3.8, 4) is 6.07 Å². The average molecular weight is 379 g/mol. The number of rotatable bonds is 6. The minimum Gasteiger partial charge on any atom is -0.329 e. The summed E-state index contributed by atoms with van der Waals surface area (Å²) in [5, 5.41) is 13.3. The smallest absolute Gasteiger partial charge is 0.235 e. The Morgan fingerprint density at radius 2 is 2.04 bits per heavy atom. The van der Waals surface area contributed by atoms with Crippen LogP contribution in [-0.4, -0.2) is 25.8 Å². The number of amides is 1. The van der Waals surface area contributed by atoms with Crippen molar-refractivity contribution in [3.63, 3.8) is 0 Å². The van der Waals surface area contributed by atoms with Gasteiger partial charge in [-0.2, -0.15) is 5.26 Å². The van der Waals surface area contributed by atoms with E-state index in [9.17, 15) is 10.1 Å². The summed E-state index contributed by atoms with van der Waals surface area (Å²) in [5.41, 5.74) is 3.49. The summed E-state index contributed by atoms with van der Waals surface area (Å²) in [7, 11) is 1.89. The van der Waals surface area contributed by atoms with Gasteiger partial charge in [-0.1, -0.05) is 42.1 Å². The molecule has 0 aliphatic carbocycles. The Morgan fingerprint density at radius 1 is 1.30 bits per heavy atom. The van der Waals surface area contributed by atoms with E-state index in [1.165, 1.54) is 11.8 Å². The van der Waals surface area contributed by atoms with Gasteiger partial charge >= 0.3 is 0 Å². The van der Waals surface area contributed by atoms with E-state index in [0.717, 1.165) is 22.0 Å². The molecule has 2 aromatic heterocycles. The lowest BCUT2D eigenvalue weighted by Crippen LogP contribution is -2.18. The molecule has 0 spiro atoms. The van der Waals surface area contributed by atoms with Crippen LogP contribution < -0.4 is 5.32 Å². The van der Waals surface area contributed by atoms with Gasteiger partial charge in [0.1, 0.15) is 11.9 Å². The molecule has 138 valence electrons. The number of carbonyl (C=O) groups is 1. The second-order valence-corrected chi connectivity index (χ2v) is 7.22. The zero-order chi connectivity index (χ0) is 19.4. The van der Waals surface area contributed by atoms with E-state index >= 15 is 0 Å². The molecule has 0 aliphatic heterocycles. The first kappa shape index (κ1) is 18.8. The lowest BCUT2D eigenvalue weighted by molar-refractivity contribution is -0.113. The molecule has 0 saturated carbocycles. The molecule has 3 aromatic rings. The third kappa shape index (κ3) is 4.07. The Hall–Kier alpha value is -2.98. The first-order chi connectivity index (χ1) is 13.0. The average Bonchev–Trinajstić information content (AvgIpc) is 3.17. The molecule has 0 atom stereocenters. The molecule has 2 heterocycles. The number of hydrogen-bond acceptors (Lipinski definition) is 4. The first-order valence-corrected chi connectivity index (χ1v) is 9.53. The van der Waals surface area contributed by atoms with Crippen LogP contribution in [0.4, 0.5) is 5.82 Å². The standard InChI is InChI=1S/C20H21N5OS/c1-14-15(2)25(12-16-7-5-4-6-8-16)19(17(14)11-21)23-18(26)13-27-20-22-9-10-24(20)3/h4-10H,12-13H2,1-3H3,(H,23,26). The van der Waals surface area contributed by atoms with Crippen molar-refractivity contribution in [3.05, 3.63) is 65.1 Å². The Kier molecular flexibility index (Phi) is 5.67. The highest BCUT2D eigenvalue weighted by atomic mass is 32.2. The maximum atomic E-state index is 12.5. The number of benzene rings is 1. The summed E-state index contributed by atoms with van der Waals surface area (Å²) in [5.74, 6) is 0.623. The van der Waals surface area contributed by atoms with Gasteiger partial charge in [0.15, 0.2) is 5.16 Å². The number of nitrogens with zero attached hydrogens (tertiary/aromatic N) is 4. The maximum absolute atomic E-state index is 12.5. The molecule has 0 bridgehead atoms. The van der Waals surface area contributed by atoms with Crippen LogP contribution in [0.1, 0.15) is 22.4 Å². The van der Waals surface area contributed by atoms with E-state index in [1.807, 2.05) is 66.6 Å². The van der Waals surface area contributed by atoms with E-state index < -0.39 is 0 Å². The predicted molar refractivity (Wildman–Crippen MR) is 107 cm³/mol. The molecule has 0 radical (unpaired) electrons. The van der Waals surface area contributed by atoms with Crippen molar-refractivity contribution >= 4 is 23.5 Å². The van der Waals surface area contributed by atoms with Gasteiger partial charge in [-0.3, -0.25) is 4.79 Å². The molecule has 7 heteroatoms. The summed E-state index contributed by atoms with van der Waals surface area (Å²) in [4.78, 5) is 16.7. The van der Waals surface area contributed by atoms with E-state index in [1.54, 1.807) is 6.20 Å². The highest BCUT2D eigenvalue weighted by molar-refractivity contribution is 7.99. The van der Waals surface area contributed by atoms with Gasteiger partial charge in [-0.05, 0) is 25.0 Å². The van der Waals surface area contributed by atoms with Gasteiger partial charge in [0.05, 0.1) is 11.3 Å². The van der Waals surface area contributed by atoms with Crippen LogP contribution in [0.3, 0.4) is 0 Å². The number of aromatic nitrogens is 3. The van der Waals surface area contributed by atoms with Crippen LogP contribution in [0.5, 0.6) is 0 Å². The fraction of sp³-hybridized carbons (Fsp3) is 0.250. The Labute approximate surface area is 162 Å². The van der Waals surface area contributed by atoms with Crippen molar-refractivity contribution in [2.45, 2.75) is 25.5 Å². The number of nitrogens with one attached hydrogen (secondary N) is 1. The van der Waals surface area contributed by atoms with Crippen LogP contribution in [0.15, 0.2) is 47.9 Å². The highest BCUT2D eigenvalue weighted by Gasteiger charge is 2.20. The molecule has 0 aliphatic rings. The second-order valence-electron chi connectivity index (χ2n) is 6.28. The molecule has 1 amide bonds. The minimum atomic E-state index is -0.161. The number of aryl methyl sites for hydroxylation is 1. The molecule has 0 fully saturated rings. The van der Waals surface area contributed by atoms with Crippen LogP contribution in [-0.2, 0) is 18.4 Å². The zero-order valence-electron chi connectivity index (χ0n) is 15.6. The summed E-state index contributed by atoms with van der Waals surface area (Å²) in [6.07, 6.45) is 3.54. The molecule has 3 rings (SSSR count). The van der Waals surface area contributed by atoms with Crippen molar-refractivity contribution in [1.29, 1.82) is 5.26 Å². The minimum absolute atomic E-state index is 0.161. The monoisotopic (exact) mass is 379 g/mol. The summed E-state index contributed by atoms with van der Waals surface area (Å²) >= 11 is 1.36. The topological polar surface area (TPSA) is 75.6 Å². The van der Waals surface area contributed by atoms with Gasteiger partial charge in [0.25, 0.3) is 0 Å². The molecule has 6 nitrogen and oxygen atoms in total. The number of carbonyl (C=O) groups excluding carboxylic acids is 1. The quantitative estimate of drug-likeness (QED) is 0.665. The fourth-order valence-electron chi connectivity index (χ4n) is 2.88. The second kappa shape index (κ2) is 8.14. The largest absolute Gasteiger partial charge is 0.329 e. The molecule has 0 saturated heterocycles. The van der Waals surface area contributed by atoms with Crippen molar-refractivity contribution in [2.75, 3.05) is 11.1 Å². The third-order valence-corrected chi connectivity index (χ3v) is 5.55. The first-order valence-electron chi connectivity index (χ1n) is 8.55. The number of anilines is 1. The van der Waals surface area contributed by atoms with E-state index in [2.05, 4.69) is 16.4 Å². The number of nitriles is 1. The Balaban J connectivity index is 1.83. The molecule has 1 aromatic carbocycles. The van der Waals surface area contributed by atoms with Gasteiger partial charge in [-0.15, -0.1) is 0 Å². The molecular formula is C20H21N5OS. The SMILES string of the molecule is Cc1c(C#N)c(NC(=O)CSc2nccn2C)n(Cc2ccccc2)c1C. The van der Waals surface area contributed by atoms with Crippen molar-refractivity contribution < 1.29 is 4.79 Å². The van der Waals surface area contributed by atoms with Gasteiger partial charge in [0, 0.05) is 31.7 Å².